The molecule has 8 nitrogen and oxygen atoms in total. The van der Waals surface area contributed by atoms with E-state index in [-0.39, 0.29) is 30.4 Å². The smallest absolute Gasteiger partial charge is 0.344 e. The van der Waals surface area contributed by atoms with Gasteiger partial charge in [0.25, 0.3) is 0 Å². The number of piperazine rings is 1. The van der Waals surface area contributed by atoms with Crippen LogP contribution in [0, 0.1) is 5.82 Å². The molecule has 10 heteroatoms. The van der Waals surface area contributed by atoms with Crippen molar-refractivity contribution < 1.29 is 18.7 Å². The molecule has 2 aromatic carbocycles. The molecule has 1 saturated heterocycles. The maximum atomic E-state index is 16.1. The Morgan fingerprint density at radius 3 is 2.71 bits per heavy atom. The van der Waals surface area contributed by atoms with Crippen LogP contribution in [0.1, 0.15) is 6.92 Å². The zero-order valence-electron chi connectivity index (χ0n) is 19.1. The molecule has 1 aliphatic heterocycles. The fourth-order valence-corrected chi connectivity index (χ4v) is 4.49. The predicted octanol–water partition coefficient (Wildman–Crippen LogP) is 3.99. The van der Waals surface area contributed by atoms with Crippen molar-refractivity contribution in [2.24, 2.45) is 0 Å². The number of esters is 1. The molecule has 0 amide bonds. The normalized spacial score (nSPS) is 13.9. The molecule has 0 atom stereocenters. The molecule has 3 heterocycles. The second kappa shape index (κ2) is 9.97. The van der Waals surface area contributed by atoms with Gasteiger partial charge in [-0.1, -0.05) is 41.9 Å². The number of halogens is 2. The lowest BCUT2D eigenvalue weighted by Crippen LogP contribution is -2.44. The molecular formula is C25H23ClFN5O3. The Hall–Kier alpha value is -3.56. The minimum atomic E-state index is -0.616. The van der Waals surface area contributed by atoms with Gasteiger partial charge in [-0.2, -0.15) is 9.97 Å². The van der Waals surface area contributed by atoms with E-state index in [0.717, 1.165) is 18.5 Å². The highest BCUT2D eigenvalue weighted by atomic mass is 35.5. The number of ether oxygens (including phenoxy) is 2. The molecule has 1 N–H and O–H groups in total. The van der Waals surface area contributed by atoms with Crippen LogP contribution in [0.15, 0.2) is 42.6 Å². The Balaban J connectivity index is 1.66. The van der Waals surface area contributed by atoms with Gasteiger partial charge in [0.2, 0.25) is 0 Å². The Labute approximate surface area is 206 Å². The summed E-state index contributed by atoms with van der Waals surface area (Å²) < 4.78 is 26.5. The number of carbonyl (C=O) groups excluding carboxylic acids is 1. The number of benzene rings is 2. The van der Waals surface area contributed by atoms with Crippen molar-refractivity contribution in [3.63, 3.8) is 0 Å². The number of aromatic nitrogens is 3. The average molecular weight is 496 g/mol. The number of pyridine rings is 1. The molecule has 0 radical (unpaired) electrons. The number of nitrogens with zero attached hydrogens (tertiary/aromatic N) is 4. The van der Waals surface area contributed by atoms with Gasteiger partial charge in [-0.15, -0.1) is 0 Å². The van der Waals surface area contributed by atoms with Crippen molar-refractivity contribution in [1.82, 2.24) is 20.3 Å². The molecule has 5 rings (SSSR count). The third kappa shape index (κ3) is 4.56. The summed E-state index contributed by atoms with van der Waals surface area (Å²) in [6.07, 6.45) is 1.58. The SMILES string of the molecule is CCOC(=O)COc1nc(N2CCNCC2)c2cnc(-c3cccc4cccc(Cl)c34)c(F)c2n1. The van der Waals surface area contributed by atoms with Crippen molar-refractivity contribution in [2.45, 2.75) is 6.92 Å². The Bertz CT molecular complexity index is 1410. The molecular weight excluding hydrogens is 473 g/mol. The summed E-state index contributed by atoms with van der Waals surface area (Å²) in [5.74, 6) is -0.667. The van der Waals surface area contributed by atoms with Crippen LogP contribution in [0.2, 0.25) is 5.02 Å². The quantitative estimate of drug-likeness (QED) is 0.402. The van der Waals surface area contributed by atoms with Gasteiger partial charge in [0, 0.05) is 48.3 Å². The van der Waals surface area contributed by atoms with Crippen molar-refractivity contribution in [2.75, 3.05) is 44.3 Å². The van der Waals surface area contributed by atoms with E-state index in [0.29, 0.717) is 40.3 Å². The maximum Gasteiger partial charge on any atom is 0.344 e. The molecule has 1 aliphatic rings. The van der Waals surface area contributed by atoms with Crippen molar-refractivity contribution >= 4 is 45.1 Å². The van der Waals surface area contributed by atoms with E-state index in [9.17, 15) is 4.79 Å². The number of fused-ring (bicyclic) bond motifs is 2. The van der Waals surface area contributed by atoms with E-state index in [1.54, 1.807) is 25.3 Å². The summed E-state index contributed by atoms with van der Waals surface area (Å²) in [4.78, 5) is 27.1. The Kier molecular flexibility index (Phi) is 6.61. The first-order chi connectivity index (χ1) is 17.1. The van der Waals surface area contributed by atoms with Crippen molar-refractivity contribution in [3.05, 3.63) is 53.4 Å². The lowest BCUT2D eigenvalue weighted by Gasteiger charge is -2.29. The fourth-order valence-electron chi connectivity index (χ4n) is 4.21. The predicted molar refractivity (Wildman–Crippen MR) is 132 cm³/mol. The number of nitrogens with one attached hydrogen (secondary N) is 1. The molecule has 2 aromatic heterocycles. The zero-order valence-corrected chi connectivity index (χ0v) is 19.8. The maximum absolute atomic E-state index is 16.1. The van der Waals surface area contributed by atoms with E-state index >= 15 is 4.39 Å². The molecule has 0 aliphatic carbocycles. The third-order valence-corrected chi connectivity index (χ3v) is 6.11. The molecule has 35 heavy (non-hydrogen) atoms. The summed E-state index contributed by atoms with van der Waals surface area (Å²) in [5, 5.41) is 5.83. The van der Waals surface area contributed by atoms with Crippen LogP contribution in [0.25, 0.3) is 32.9 Å². The van der Waals surface area contributed by atoms with Gasteiger partial charge < -0.3 is 19.7 Å². The van der Waals surface area contributed by atoms with E-state index in [1.165, 1.54) is 0 Å². The average Bonchev–Trinajstić information content (AvgIpc) is 2.88. The standard InChI is InChI=1S/C25H23ClFN5O3/c1-2-34-19(33)14-35-25-30-23-17(24(31-25)32-11-9-28-10-12-32)13-29-22(21(23)27)16-7-3-5-15-6-4-8-18(26)20(15)16/h3-8,13,28H,2,9-12,14H2,1H3. The first-order valence-electron chi connectivity index (χ1n) is 11.3. The van der Waals surface area contributed by atoms with Gasteiger partial charge in [0.1, 0.15) is 17.0 Å². The largest absolute Gasteiger partial charge is 0.463 e. The summed E-state index contributed by atoms with van der Waals surface area (Å²) >= 11 is 6.48. The first-order valence-corrected chi connectivity index (χ1v) is 11.7. The Morgan fingerprint density at radius 1 is 1.17 bits per heavy atom. The van der Waals surface area contributed by atoms with Crippen molar-refractivity contribution in [1.29, 1.82) is 0 Å². The number of carbonyl (C=O) groups is 1. The molecule has 0 bridgehead atoms. The second-order valence-corrected chi connectivity index (χ2v) is 8.39. The molecule has 0 unspecified atom stereocenters. The van der Waals surface area contributed by atoms with Gasteiger partial charge in [-0.25, -0.2) is 9.18 Å². The van der Waals surface area contributed by atoms with Crippen LogP contribution in [-0.4, -0.2) is 60.3 Å². The molecule has 0 spiro atoms. The van der Waals surface area contributed by atoms with Crippen LogP contribution >= 0.6 is 11.6 Å². The molecule has 0 saturated carbocycles. The second-order valence-electron chi connectivity index (χ2n) is 7.99. The zero-order chi connectivity index (χ0) is 24.4. The van der Waals surface area contributed by atoms with Gasteiger partial charge >= 0.3 is 12.0 Å². The number of anilines is 1. The van der Waals surface area contributed by atoms with Gasteiger partial charge in [-0.3, -0.25) is 4.98 Å². The van der Waals surface area contributed by atoms with Crippen LogP contribution < -0.4 is 15.0 Å². The summed E-state index contributed by atoms with van der Waals surface area (Å²) in [5.41, 5.74) is 0.739. The minimum Gasteiger partial charge on any atom is -0.463 e. The molecule has 1 fully saturated rings. The van der Waals surface area contributed by atoms with Crippen LogP contribution in [0.4, 0.5) is 10.2 Å². The highest BCUT2D eigenvalue weighted by Crippen LogP contribution is 2.37. The topological polar surface area (TPSA) is 89.5 Å². The van der Waals surface area contributed by atoms with Gasteiger partial charge in [-0.05, 0) is 18.4 Å². The van der Waals surface area contributed by atoms with E-state index in [4.69, 9.17) is 21.1 Å². The first kappa shape index (κ1) is 23.2. The van der Waals surface area contributed by atoms with Crippen LogP contribution in [0.5, 0.6) is 6.01 Å². The highest BCUT2D eigenvalue weighted by molar-refractivity contribution is 6.36. The number of rotatable bonds is 6. The van der Waals surface area contributed by atoms with Gasteiger partial charge in [0.15, 0.2) is 12.4 Å². The fraction of sp³-hybridized carbons (Fsp3) is 0.280. The summed E-state index contributed by atoms with van der Waals surface area (Å²) in [6.45, 7) is 4.41. The van der Waals surface area contributed by atoms with E-state index < -0.39 is 11.8 Å². The minimum absolute atomic E-state index is 0.0569. The monoisotopic (exact) mass is 495 g/mol. The lowest BCUT2D eigenvalue weighted by atomic mass is 10.0. The van der Waals surface area contributed by atoms with Crippen molar-refractivity contribution in [3.8, 4) is 17.3 Å². The van der Waals surface area contributed by atoms with E-state index in [2.05, 4.69) is 20.3 Å². The number of hydrogen-bond donors (Lipinski definition) is 1. The lowest BCUT2D eigenvalue weighted by molar-refractivity contribution is -0.145. The third-order valence-electron chi connectivity index (χ3n) is 5.79. The highest BCUT2D eigenvalue weighted by Gasteiger charge is 2.23. The van der Waals surface area contributed by atoms with Gasteiger partial charge in [0.05, 0.1) is 12.0 Å². The summed E-state index contributed by atoms with van der Waals surface area (Å²) in [7, 11) is 0. The number of hydrogen-bond acceptors (Lipinski definition) is 8. The molecule has 180 valence electrons. The van der Waals surface area contributed by atoms with E-state index in [1.807, 2.05) is 29.2 Å². The summed E-state index contributed by atoms with van der Waals surface area (Å²) in [6, 6.07) is 10.9. The van der Waals surface area contributed by atoms with Crippen LogP contribution in [-0.2, 0) is 9.53 Å². The Morgan fingerprint density at radius 2 is 1.94 bits per heavy atom. The molecule has 4 aromatic rings. The van der Waals surface area contributed by atoms with Crippen LogP contribution in [0.3, 0.4) is 0 Å².